The molecule has 8 aromatic rings. The number of nitrogens with zero attached hydrogens (tertiary/aromatic N) is 5. The van der Waals surface area contributed by atoms with Crippen LogP contribution in [-0.4, -0.2) is 31.4 Å². The molecule has 3 aromatic heterocycles. The van der Waals surface area contributed by atoms with Gasteiger partial charge in [-0.15, -0.1) is 11.3 Å². The smallest absolute Gasteiger partial charge is 0.138 e. The van der Waals surface area contributed by atoms with E-state index in [0.717, 1.165) is 61.2 Å². The Labute approximate surface area is 307 Å². The molecule has 7 heteroatoms. The lowest BCUT2D eigenvalue weighted by Crippen LogP contribution is -2.38. The van der Waals surface area contributed by atoms with Gasteiger partial charge in [0.1, 0.15) is 22.1 Å². The van der Waals surface area contributed by atoms with Gasteiger partial charge in [0.2, 0.25) is 0 Å². The summed E-state index contributed by atoms with van der Waals surface area (Å²) in [6, 6.07) is 49.0. The molecule has 0 bridgehead atoms. The number of fused-ring (bicyclic) bond motifs is 1. The van der Waals surface area contributed by atoms with Crippen LogP contribution in [0.5, 0.6) is 5.75 Å². The first-order chi connectivity index (χ1) is 25.7. The SMILES string of the molecule is COc1ccc(-c2ccccc2-c2nn(C(c3ccccc3)(c3ccccc3)c3ccccc3)cc2C2(c3nccs3)C=Cc3nccn3C2)cc1. The van der Waals surface area contributed by atoms with Crippen LogP contribution in [-0.2, 0) is 17.5 Å². The Morgan fingerprint density at radius 1 is 0.692 bits per heavy atom. The third kappa shape index (κ3) is 5.12. The number of thiazole rings is 1. The molecular weight excluding hydrogens is 659 g/mol. The molecule has 9 rings (SSSR count). The molecule has 6 nitrogen and oxygen atoms in total. The summed E-state index contributed by atoms with van der Waals surface area (Å²) in [4.78, 5) is 9.65. The lowest BCUT2D eigenvalue weighted by atomic mass is 9.76. The number of rotatable bonds is 9. The van der Waals surface area contributed by atoms with Crippen molar-refractivity contribution in [3.05, 3.63) is 209 Å². The normalized spacial score (nSPS) is 15.3. The van der Waals surface area contributed by atoms with E-state index in [0.29, 0.717) is 6.54 Å². The molecule has 252 valence electrons. The third-order valence-electron chi connectivity index (χ3n) is 10.2. The van der Waals surface area contributed by atoms with E-state index in [-0.39, 0.29) is 0 Å². The largest absolute Gasteiger partial charge is 0.497 e. The molecule has 1 aliphatic rings. The van der Waals surface area contributed by atoms with Crippen LogP contribution < -0.4 is 4.74 Å². The molecule has 0 spiro atoms. The predicted molar refractivity (Wildman–Crippen MR) is 208 cm³/mol. The molecule has 0 fully saturated rings. The molecular formula is C45H35N5OS. The van der Waals surface area contributed by atoms with E-state index in [1.54, 1.807) is 18.4 Å². The number of hydrogen-bond acceptors (Lipinski definition) is 5. The maximum atomic E-state index is 5.79. The number of aromatic nitrogens is 5. The Hall–Kier alpha value is -6.31. The Kier molecular flexibility index (Phi) is 7.98. The average molecular weight is 694 g/mol. The van der Waals surface area contributed by atoms with Crippen LogP contribution in [0.1, 0.15) is 33.1 Å². The second kappa shape index (κ2) is 13.1. The highest BCUT2D eigenvalue weighted by molar-refractivity contribution is 7.09. The fourth-order valence-electron chi connectivity index (χ4n) is 7.74. The van der Waals surface area contributed by atoms with Gasteiger partial charge in [-0.1, -0.05) is 133 Å². The number of allylic oxidation sites excluding steroid dienone is 1. The van der Waals surface area contributed by atoms with Gasteiger partial charge in [-0.2, -0.15) is 5.10 Å². The summed E-state index contributed by atoms with van der Waals surface area (Å²) in [7, 11) is 1.70. The summed E-state index contributed by atoms with van der Waals surface area (Å²) in [5, 5.41) is 8.84. The Bertz CT molecular complexity index is 2370. The molecule has 52 heavy (non-hydrogen) atoms. The summed E-state index contributed by atoms with van der Waals surface area (Å²) in [5.74, 6) is 1.74. The van der Waals surface area contributed by atoms with Crippen LogP contribution in [0.2, 0.25) is 0 Å². The molecule has 5 aromatic carbocycles. The van der Waals surface area contributed by atoms with Crippen molar-refractivity contribution in [3.8, 4) is 28.1 Å². The minimum atomic E-state index is -0.811. The molecule has 0 aliphatic carbocycles. The van der Waals surface area contributed by atoms with E-state index < -0.39 is 11.0 Å². The second-order valence-corrected chi connectivity index (χ2v) is 13.9. The number of benzene rings is 5. The lowest BCUT2D eigenvalue weighted by molar-refractivity contribution is 0.415. The number of methoxy groups -OCH3 is 1. The lowest BCUT2D eigenvalue weighted by Gasteiger charge is -2.36. The van der Waals surface area contributed by atoms with E-state index in [1.807, 2.05) is 24.5 Å². The first-order valence-electron chi connectivity index (χ1n) is 17.3. The van der Waals surface area contributed by atoms with Gasteiger partial charge in [0, 0.05) is 47.8 Å². The highest BCUT2D eigenvalue weighted by atomic mass is 32.1. The molecule has 0 radical (unpaired) electrons. The van der Waals surface area contributed by atoms with Crippen LogP contribution in [0.15, 0.2) is 176 Å². The average Bonchev–Trinajstić information content (AvgIpc) is 4.02. The van der Waals surface area contributed by atoms with Crippen LogP contribution in [0.3, 0.4) is 0 Å². The van der Waals surface area contributed by atoms with E-state index >= 15 is 0 Å². The van der Waals surface area contributed by atoms with Crippen molar-refractivity contribution in [1.82, 2.24) is 24.3 Å². The zero-order valence-corrected chi connectivity index (χ0v) is 29.4. The van der Waals surface area contributed by atoms with Crippen LogP contribution in [0.4, 0.5) is 0 Å². The summed E-state index contributed by atoms with van der Waals surface area (Å²) in [6.07, 6.45) is 12.5. The zero-order chi connectivity index (χ0) is 35.0. The predicted octanol–water partition coefficient (Wildman–Crippen LogP) is 9.73. The van der Waals surface area contributed by atoms with Gasteiger partial charge in [0.05, 0.1) is 18.2 Å². The van der Waals surface area contributed by atoms with Crippen LogP contribution >= 0.6 is 11.3 Å². The first kappa shape index (κ1) is 31.7. The Morgan fingerprint density at radius 3 is 1.90 bits per heavy atom. The monoisotopic (exact) mass is 693 g/mol. The van der Waals surface area contributed by atoms with E-state index in [4.69, 9.17) is 14.8 Å². The van der Waals surface area contributed by atoms with Gasteiger partial charge in [-0.05, 0) is 46.0 Å². The maximum Gasteiger partial charge on any atom is 0.138 e. The molecule has 1 atom stereocenters. The van der Waals surface area contributed by atoms with Gasteiger partial charge in [0.15, 0.2) is 0 Å². The Balaban J connectivity index is 1.40. The fourth-order valence-corrected chi connectivity index (χ4v) is 8.57. The first-order valence-corrected chi connectivity index (χ1v) is 18.2. The molecule has 0 N–H and O–H groups in total. The topological polar surface area (TPSA) is 57.8 Å². The van der Waals surface area contributed by atoms with E-state index in [9.17, 15) is 0 Å². The van der Waals surface area contributed by atoms with Crippen molar-refractivity contribution in [2.24, 2.45) is 0 Å². The standard InChI is InChI=1S/C45H35N5OS/c1-51-37-23-21-33(22-24-37)38-19-11-12-20-39(38)42-40(44(43-47-28-30-52-43)26-25-41-46-27-29-49(41)32-44)31-50(48-42)45(34-13-5-2-6-14-34,35-15-7-3-8-16-35)36-17-9-4-10-18-36/h2-31H,32H2,1H3. The fraction of sp³-hybridized carbons (Fsp3) is 0.0889. The third-order valence-corrected chi connectivity index (χ3v) is 11.1. The van der Waals surface area contributed by atoms with Crippen molar-refractivity contribution in [2.45, 2.75) is 17.5 Å². The molecule has 0 amide bonds. The van der Waals surface area contributed by atoms with Crippen molar-refractivity contribution >= 4 is 17.4 Å². The van der Waals surface area contributed by atoms with E-state index in [1.165, 1.54) is 0 Å². The van der Waals surface area contributed by atoms with Gasteiger partial charge in [-0.3, -0.25) is 4.68 Å². The van der Waals surface area contributed by atoms with Crippen molar-refractivity contribution in [1.29, 1.82) is 0 Å². The molecule has 4 heterocycles. The summed E-state index contributed by atoms with van der Waals surface area (Å²) in [5.41, 5.74) is 7.02. The van der Waals surface area contributed by atoms with Gasteiger partial charge < -0.3 is 9.30 Å². The summed E-state index contributed by atoms with van der Waals surface area (Å²) in [6.45, 7) is 0.630. The van der Waals surface area contributed by atoms with Gasteiger partial charge >= 0.3 is 0 Å². The summed E-state index contributed by atoms with van der Waals surface area (Å²) >= 11 is 1.67. The molecule has 0 saturated heterocycles. The highest BCUT2D eigenvalue weighted by Gasteiger charge is 2.45. The summed E-state index contributed by atoms with van der Waals surface area (Å²) < 4.78 is 9.95. The molecule has 1 unspecified atom stereocenters. The molecule has 0 saturated carbocycles. The Morgan fingerprint density at radius 2 is 1.31 bits per heavy atom. The number of imidazole rings is 1. The quantitative estimate of drug-likeness (QED) is 0.141. The van der Waals surface area contributed by atoms with E-state index in [2.05, 4.69) is 172 Å². The van der Waals surface area contributed by atoms with Gasteiger partial charge in [0.25, 0.3) is 0 Å². The van der Waals surface area contributed by atoms with Crippen LogP contribution in [0, 0.1) is 0 Å². The minimum absolute atomic E-state index is 0.630. The van der Waals surface area contributed by atoms with Crippen molar-refractivity contribution in [3.63, 3.8) is 0 Å². The van der Waals surface area contributed by atoms with Crippen molar-refractivity contribution < 1.29 is 4.74 Å². The highest BCUT2D eigenvalue weighted by Crippen LogP contribution is 2.48. The molecule has 1 aliphatic heterocycles. The number of ether oxygens (including phenoxy) is 1. The van der Waals surface area contributed by atoms with Crippen molar-refractivity contribution in [2.75, 3.05) is 7.11 Å². The second-order valence-electron chi connectivity index (χ2n) is 13.0. The van der Waals surface area contributed by atoms with Crippen LogP contribution in [0.25, 0.3) is 28.5 Å². The zero-order valence-electron chi connectivity index (χ0n) is 28.6. The number of hydrogen-bond donors (Lipinski definition) is 0. The minimum Gasteiger partial charge on any atom is -0.497 e. The van der Waals surface area contributed by atoms with Gasteiger partial charge in [-0.25, -0.2) is 9.97 Å². The maximum absolute atomic E-state index is 5.79.